The Bertz CT molecular complexity index is 655. The highest BCUT2D eigenvalue weighted by Gasteiger charge is 2.18. The summed E-state index contributed by atoms with van der Waals surface area (Å²) in [6, 6.07) is 0. The van der Waals surface area contributed by atoms with Gasteiger partial charge in [-0.15, -0.1) is 0 Å². The Morgan fingerprint density at radius 2 is 2.25 bits per heavy atom. The summed E-state index contributed by atoms with van der Waals surface area (Å²) in [5, 5.41) is 9.85. The Hall–Kier alpha value is -2.02. The van der Waals surface area contributed by atoms with Crippen LogP contribution in [0.4, 0.5) is 10.1 Å². The maximum absolute atomic E-state index is 13.4. The summed E-state index contributed by atoms with van der Waals surface area (Å²) in [6.07, 6.45) is 1.82. The van der Waals surface area contributed by atoms with Gasteiger partial charge in [0, 0.05) is 6.20 Å². The number of hydrogen-bond acceptors (Lipinski definition) is 4. The minimum atomic E-state index is -0.911. The van der Waals surface area contributed by atoms with Crippen LogP contribution in [0.25, 0.3) is 10.9 Å². The van der Waals surface area contributed by atoms with Crippen molar-refractivity contribution in [1.82, 2.24) is 9.97 Å². The molecule has 0 bridgehead atoms. The molecule has 0 fully saturated rings. The average molecular weight is 244 g/mol. The van der Waals surface area contributed by atoms with Gasteiger partial charge in [0.25, 0.3) is 5.43 Å². The molecule has 0 aliphatic rings. The molecule has 0 aliphatic carbocycles. The van der Waals surface area contributed by atoms with Crippen LogP contribution in [0.2, 0.25) is 5.15 Å². The lowest BCUT2D eigenvalue weighted by atomic mass is 10.2. The number of nitrogens with zero attached hydrogens (tertiary/aromatic N) is 2. The highest BCUT2D eigenvalue weighted by atomic mass is 35.5. The first-order chi connectivity index (χ1) is 7.52. The Balaban J connectivity index is 2.93. The summed E-state index contributed by atoms with van der Waals surface area (Å²) >= 11 is 5.40. The van der Waals surface area contributed by atoms with Gasteiger partial charge in [-0.3, -0.25) is 14.9 Å². The van der Waals surface area contributed by atoms with E-state index in [2.05, 4.69) is 9.97 Å². The predicted octanol–water partition coefficient (Wildman–Crippen LogP) is 1.62. The molecule has 0 unspecified atom stereocenters. The number of H-pyrrole nitrogens is 1. The molecule has 16 heavy (non-hydrogen) atoms. The van der Waals surface area contributed by atoms with Crippen LogP contribution in [0.1, 0.15) is 0 Å². The molecule has 0 radical (unpaired) electrons. The lowest BCUT2D eigenvalue weighted by molar-refractivity contribution is -0.386. The van der Waals surface area contributed by atoms with E-state index in [1.54, 1.807) is 0 Å². The lowest BCUT2D eigenvalue weighted by Crippen LogP contribution is -2.10. The van der Waals surface area contributed by atoms with Crippen molar-refractivity contribution in [3.05, 3.63) is 43.7 Å². The maximum atomic E-state index is 13.4. The van der Waals surface area contributed by atoms with Crippen molar-refractivity contribution in [1.29, 1.82) is 0 Å². The second-order valence-corrected chi connectivity index (χ2v) is 3.27. The molecule has 2 aromatic heterocycles. The summed E-state index contributed by atoms with van der Waals surface area (Å²) in [6.45, 7) is 0. The van der Waals surface area contributed by atoms with Crippen molar-refractivity contribution in [2.75, 3.05) is 0 Å². The molecule has 1 N–H and O–H groups in total. The van der Waals surface area contributed by atoms with Gasteiger partial charge >= 0.3 is 5.69 Å². The molecular weight excluding hydrogens is 241 g/mol. The van der Waals surface area contributed by atoms with Crippen molar-refractivity contribution in [3.8, 4) is 0 Å². The number of fused-ring (bicyclic) bond motifs is 1. The molecule has 0 saturated carbocycles. The van der Waals surface area contributed by atoms with Gasteiger partial charge in [-0.2, -0.15) is 0 Å². The molecule has 0 aliphatic heterocycles. The topological polar surface area (TPSA) is 88.9 Å². The quantitative estimate of drug-likeness (QED) is 0.468. The second kappa shape index (κ2) is 3.53. The van der Waals surface area contributed by atoms with Gasteiger partial charge in [0.2, 0.25) is 0 Å². The number of nitrogens with one attached hydrogen (secondary N) is 1. The highest BCUT2D eigenvalue weighted by Crippen LogP contribution is 2.19. The van der Waals surface area contributed by atoms with Crippen LogP contribution in [0.3, 0.4) is 0 Å². The van der Waals surface area contributed by atoms with Gasteiger partial charge in [0.05, 0.1) is 22.0 Å². The van der Waals surface area contributed by atoms with Crippen molar-refractivity contribution in [3.63, 3.8) is 0 Å². The molecule has 0 amide bonds. The van der Waals surface area contributed by atoms with Gasteiger partial charge in [0.15, 0.2) is 11.0 Å². The summed E-state index contributed by atoms with van der Waals surface area (Å²) in [7, 11) is 0. The Morgan fingerprint density at radius 3 is 2.88 bits per heavy atom. The Morgan fingerprint density at radius 1 is 1.56 bits per heavy atom. The molecule has 2 rings (SSSR count). The van der Waals surface area contributed by atoms with E-state index >= 15 is 0 Å². The Kier molecular flexibility index (Phi) is 2.31. The molecule has 2 heterocycles. The number of rotatable bonds is 1. The molecule has 2 aromatic rings. The summed E-state index contributed by atoms with van der Waals surface area (Å²) in [5.41, 5.74) is -1.77. The fourth-order valence-electron chi connectivity index (χ4n) is 1.26. The number of pyridine rings is 2. The van der Waals surface area contributed by atoms with Gasteiger partial charge < -0.3 is 4.98 Å². The Labute approximate surface area is 91.8 Å². The van der Waals surface area contributed by atoms with Crippen LogP contribution < -0.4 is 5.43 Å². The summed E-state index contributed by atoms with van der Waals surface area (Å²) < 4.78 is 13.4. The van der Waals surface area contributed by atoms with Gasteiger partial charge in [0.1, 0.15) is 0 Å². The monoisotopic (exact) mass is 243 g/mol. The van der Waals surface area contributed by atoms with Crippen molar-refractivity contribution in [2.45, 2.75) is 0 Å². The summed E-state index contributed by atoms with van der Waals surface area (Å²) in [4.78, 5) is 26.9. The summed E-state index contributed by atoms with van der Waals surface area (Å²) in [5.74, 6) is -0.911. The first-order valence-electron chi connectivity index (χ1n) is 4.02. The lowest BCUT2D eigenvalue weighted by Gasteiger charge is -1.99. The van der Waals surface area contributed by atoms with E-state index in [4.69, 9.17) is 11.6 Å². The molecule has 0 spiro atoms. The molecule has 82 valence electrons. The first-order valence-corrected chi connectivity index (χ1v) is 4.40. The maximum Gasteiger partial charge on any atom is 0.332 e. The van der Waals surface area contributed by atoms with Crippen LogP contribution in [-0.2, 0) is 0 Å². The minimum absolute atomic E-state index is 0.199. The predicted molar refractivity (Wildman–Crippen MR) is 54.0 cm³/mol. The number of aromatic nitrogens is 2. The van der Waals surface area contributed by atoms with E-state index < -0.39 is 27.0 Å². The smallest absolute Gasteiger partial charge is 0.332 e. The van der Waals surface area contributed by atoms with E-state index in [-0.39, 0.29) is 10.9 Å². The average Bonchev–Trinajstić information content (AvgIpc) is 2.23. The largest absolute Gasteiger partial charge is 0.353 e. The standard InChI is InChI=1S/C8H3ClFN3O3/c9-8-5(10)6-3(1-12-8)7(14)4(2-11-6)13(15)16/h1-2H,(H,11,14). The van der Waals surface area contributed by atoms with Crippen molar-refractivity contribution in [2.24, 2.45) is 0 Å². The van der Waals surface area contributed by atoms with E-state index in [1.807, 2.05) is 0 Å². The third kappa shape index (κ3) is 1.41. The zero-order valence-electron chi connectivity index (χ0n) is 7.53. The zero-order chi connectivity index (χ0) is 11.9. The highest BCUT2D eigenvalue weighted by molar-refractivity contribution is 6.30. The normalized spacial score (nSPS) is 10.6. The molecule has 0 saturated heterocycles. The van der Waals surface area contributed by atoms with Crippen molar-refractivity contribution < 1.29 is 9.31 Å². The second-order valence-electron chi connectivity index (χ2n) is 2.91. The van der Waals surface area contributed by atoms with E-state index in [0.717, 1.165) is 12.4 Å². The molecule has 6 nitrogen and oxygen atoms in total. The number of aromatic amines is 1. The van der Waals surface area contributed by atoms with E-state index in [1.165, 1.54) is 0 Å². The minimum Gasteiger partial charge on any atom is -0.353 e. The zero-order valence-corrected chi connectivity index (χ0v) is 8.29. The first kappa shape index (κ1) is 10.5. The van der Waals surface area contributed by atoms with Crippen LogP contribution in [0.15, 0.2) is 17.2 Å². The van der Waals surface area contributed by atoms with E-state index in [9.17, 15) is 19.3 Å². The SMILES string of the molecule is O=c1c([N+](=O)[O-])c[nH]c2c(F)c(Cl)ncc12. The van der Waals surface area contributed by atoms with Crippen LogP contribution in [0.5, 0.6) is 0 Å². The van der Waals surface area contributed by atoms with Gasteiger partial charge in [-0.1, -0.05) is 11.6 Å². The number of nitro groups is 1. The van der Waals surface area contributed by atoms with Crippen LogP contribution in [0, 0.1) is 15.9 Å². The fourth-order valence-corrected chi connectivity index (χ4v) is 1.40. The van der Waals surface area contributed by atoms with Crippen LogP contribution in [-0.4, -0.2) is 14.9 Å². The molecule has 0 aromatic carbocycles. The van der Waals surface area contributed by atoms with Gasteiger partial charge in [-0.25, -0.2) is 9.37 Å². The molecule has 8 heteroatoms. The third-order valence-corrected chi connectivity index (χ3v) is 2.27. The van der Waals surface area contributed by atoms with Gasteiger partial charge in [-0.05, 0) is 0 Å². The van der Waals surface area contributed by atoms with Crippen molar-refractivity contribution >= 4 is 28.2 Å². The number of hydrogen-bond donors (Lipinski definition) is 1. The van der Waals surface area contributed by atoms with E-state index in [0.29, 0.717) is 0 Å². The molecule has 0 atom stereocenters. The molecular formula is C8H3ClFN3O3. The third-order valence-electron chi connectivity index (χ3n) is 2.00. The number of halogens is 2. The fraction of sp³-hybridized carbons (Fsp3) is 0. The van der Waals surface area contributed by atoms with Crippen LogP contribution >= 0.6 is 11.6 Å².